The van der Waals surface area contributed by atoms with E-state index in [0.29, 0.717) is 12.8 Å². The summed E-state index contributed by atoms with van der Waals surface area (Å²) in [5.41, 5.74) is 2.02. The van der Waals surface area contributed by atoms with Gasteiger partial charge in [-0.15, -0.1) is 0 Å². The minimum Gasteiger partial charge on any atom is -0.378 e. The Bertz CT molecular complexity index is 766. The van der Waals surface area contributed by atoms with Gasteiger partial charge in [-0.05, 0) is 24.1 Å². The summed E-state index contributed by atoms with van der Waals surface area (Å²) in [6.07, 6.45) is 4.47. The minimum atomic E-state index is -0.476. The van der Waals surface area contributed by atoms with Gasteiger partial charge in [-0.25, -0.2) is 4.98 Å². The molecule has 7 heteroatoms. The van der Waals surface area contributed by atoms with Crippen molar-refractivity contribution in [1.82, 2.24) is 20.2 Å². The number of benzene rings is 1. The zero-order valence-corrected chi connectivity index (χ0v) is 14.7. The Kier molecular flexibility index (Phi) is 4.74. The molecule has 0 aliphatic carbocycles. The first-order chi connectivity index (χ1) is 12.0. The normalized spacial score (nSPS) is 17.9. The number of nitrogens with zero attached hydrogens (tertiary/aromatic N) is 3. The minimum absolute atomic E-state index is 0.0796. The zero-order chi connectivity index (χ0) is 18.0. The molecule has 0 radical (unpaired) electrons. The van der Waals surface area contributed by atoms with Crippen LogP contribution in [0.4, 0.5) is 5.69 Å². The van der Waals surface area contributed by atoms with Gasteiger partial charge in [0.15, 0.2) is 0 Å². The first kappa shape index (κ1) is 17.0. The van der Waals surface area contributed by atoms with Crippen LogP contribution in [0, 0.1) is 0 Å². The van der Waals surface area contributed by atoms with Crippen molar-refractivity contribution in [3.8, 4) is 0 Å². The van der Waals surface area contributed by atoms with E-state index >= 15 is 0 Å². The number of aromatic nitrogens is 2. The van der Waals surface area contributed by atoms with Crippen LogP contribution in [0.3, 0.4) is 0 Å². The summed E-state index contributed by atoms with van der Waals surface area (Å²) >= 11 is 0. The van der Waals surface area contributed by atoms with E-state index in [9.17, 15) is 9.59 Å². The quantitative estimate of drug-likeness (QED) is 0.849. The maximum atomic E-state index is 12.6. The summed E-state index contributed by atoms with van der Waals surface area (Å²) in [6, 6.07) is 7.14. The van der Waals surface area contributed by atoms with Gasteiger partial charge in [0, 0.05) is 45.6 Å². The van der Waals surface area contributed by atoms with E-state index in [-0.39, 0.29) is 17.9 Å². The number of nitrogens with one attached hydrogen (secondary N) is 2. The number of carbonyl (C=O) groups is 2. The molecule has 3 rings (SSSR count). The molecule has 0 saturated carbocycles. The van der Waals surface area contributed by atoms with Crippen LogP contribution in [0.25, 0.3) is 0 Å². The largest absolute Gasteiger partial charge is 0.378 e. The summed E-state index contributed by atoms with van der Waals surface area (Å²) in [5, 5.41) is 5.75. The highest BCUT2D eigenvalue weighted by molar-refractivity contribution is 5.91. The lowest BCUT2D eigenvalue weighted by Crippen LogP contribution is -2.43. The van der Waals surface area contributed by atoms with E-state index < -0.39 is 6.04 Å². The van der Waals surface area contributed by atoms with E-state index in [0.717, 1.165) is 17.1 Å². The third-order valence-electron chi connectivity index (χ3n) is 4.46. The number of carbonyl (C=O) groups excluding carboxylic acids is 2. The molecule has 2 unspecified atom stereocenters. The molecule has 132 valence electrons. The lowest BCUT2D eigenvalue weighted by Gasteiger charge is -2.22. The molecule has 2 atom stereocenters. The molecule has 1 aromatic carbocycles. The number of imidazole rings is 1. The van der Waals surface area contributed by atoms with Crippen LogP contribution in [0.1, 0.15) is 30.3 Å². The molecule has 0 spiro atoms. The predicted molar refractivity (Wildman–Crippen MR) is 95.1 cm³/mol. The van der Waals surface area contributed by atoms with Crippen LogP contribution in [-0.4, -0.2) is 41.5 Å². The van der Waals surface area contributed by atoms with Crippen molar-refractivity contribution >= 4 is 17.5 Å². The molecular formula is C18H23N5O2. The van der Waals surface area contributed by atoms with Gasteiger partial charge < -0.3 is 20.1 Å². The van der Waals surface area contributed by atoms with E-state index in [1.54, 1.807) is 6.20 Å². The second-order valence-corrected chi connectivity index (χ2v) is 6.48. The van der Waals surface area contributed by atoms with Crippen LogP contribution >= 0.6 is 0 Å². The molecule has 7 nitrogen and oxygen atoms in total. The molecule has 0 bridgehead atoms. The van der Waals surface area contributed by atoms with E-state index in [1.807, 2.05) is 61.1 Å². The molecule has 2 amide bonds. The Hall–Kier alpha value is -2.83. The van der Waals surface area contributed by atoms with Crippen molar-refractivity contribution in [3.63, 3.8) is 0 Å². The van der Waals surface area contributed by atoms with Crippen molar-refractivity contribution in [2.75, 3.05) is 19.0 Å². The number of hydrogen-bond donors (Lipinski definition) is 2. The number of amides is 2. The molecular weight excluding hydrogens is 318 g/mol. The second-order valence-electron chi connectivity index (χ2n) is 6.48. The molecule has 1 fully saturated rings. The molecule has 1 aliphatic heterocycles. The smallest absolute Gasteiger partial charge is 0.243 e. The summed E-state index contributed by atoms with van der Waals surface area (Å²) < 4.78 is 1.89. The van der Waals surface area contributed by atoms with Crippen LogP contribution in [0.5, 0.6) is 0 Å². The fraction of sp³-hybridized carbons (Fsp3) is 0.389. The zero-order valence-electron chi connectivity index (χ0n) is 14.7. The highest BCUT2D eigenvalue weighted by Gasteiger charge is 2.30. The molecule has 2 aromatic rings. The molecule has 1 saturated heterocycles. The second kappa shape index (κ2) is 6.96. The number of aryl methyl sites for hydroxylation is 1. The molecule has 2 heterocycles. The predicted octanol–water partition coefficient (Wildman–Crippen LogP) is 0.970. The van der Waals surface area contributed by atoms with Crippen molar-refractivity contribution < 1.29 is 9.59 Å². The Balaban J connectivity index is 1.86. The van der Waals surface area contributed by atoms with Crippen molar-refractivity contribution in [3.05, 3.63) is 48.0 Å². The van der Waals surface area contributed by atoms with Crippen molar-refractivity contribution in [2.45, 2.75) is 24.9 Å². The summed E-state index contributed by atoms with van der Waals surface area (Å²) in [4.78, 5) is 30.4. The van der Waals surface area contributed by atoms with Crippen LogP contribution in [-0.2, 0) is 16.6 Å². The fourth-order valence-corrected chi connectivity index (χ4v) is 2.97. The molecule has 2 N–H and O–H groups in total. The maximum Gasteiger partial charge on any atom is 0.243 e. The first-order valence-corrected chi connectivity index (χ1v) is 8.30. The SMILES string of the molecule is CN(C)c1ccc(C(NC(=O)C2CCC(=O)N2)c2nccn2C)cc1. The number of rotatable bonds is 5. The monoisotopic (exact) mass is 341 g/mol. The fourth-order valence-electron chi connectivity index (χ4n) is 2.97. The van der Waals surface area contributed by atoms with Gasteiger partial charge in [0.2, 0.25) is 11.8 Å². The number of anilines is 1. The van der Waals surface area contributed by atoms with Gasteiger partial charge in [0.1, 0.15) is 17.9 Å². The topological polar surface area (TPSA) is 79.3 Å². The van der Waals surface area contributed by atoms with Crippen LogP contribution in [0.2, 0.25) is 0 Å². The van der Waals surface area contributed by atoms with Gasteiger partial charge in [0.05, 0.1) is 0 Å². The highest BCUT2D eigenvalue weighted by atomic mass is 16.2. The van der Waals surface area contributed by atoms with Crippen molar-refractivity contribution in [2.24, 2.45) is 7.05 Å². The van der Waals surface area contributed by atoms with E-state index in [1.165, 1.54) is 0 Å². The third kappa shape index (κ3) is 3.65. The number of hydrogen-bond acceptors (Lipinski definition) is 4. The average Bonchev–Trinajstić information content (AvgIpc) is 3.21. The van der Waals surface area contributed by atoms with E-state index in [2.05, 4.69) is 15.6 Å². The van der Waals surface area contributed by atoms with Gasteiger partial charge in [-0.3, -0.25) is 9.59 Å². The Morgan fingerprint density at radius 2 is 2.08 bits per heavy atom. The molecule has 1 aliphatic rings. The Labute approximate surface area is 147 Å². The van der Waals surface area contributed by atoms with Crippen LogP contribution < -0.4 is 15.5 Å². The summed E-state index contributed by atoms with van der Waals surface area (Å²) in [7, 11) is 5.86. The van der Waals surface area contributed by atoms with Gasteiger partial charge in [-0.1, -0.05) is 12.1 Å². The lowest BCUT2D eigenvalue weighted by atomic mass is 10.0. The van der Waals surface area contributed by atoms with Crippen molar-refractivity contribution in [1.29, 1.82) is 0 Å². The first-order valence-electron chi connectivity index (χ1n) is 8.30. The Morgan fingerprint density at radius 1 is 1.36 bits per heavy atom. The van der Waals surface area contributed by atoms with Gasteiger partial charge in [0.25, 0.3) is 0 Å². The molecule has 25 heavy (non-hydrogen) atoms. The average molecular weight is 341 g/mol. The summed E-state index contributed by atoms with van der Waals surface area (Å²) in [5.74, 6) is 0.481. The molecule has 1 aromatic heterocycles. The van der Waals surface area contributed by atoms with Crippen LogP contribution in [0.15, 0.2) is 36.7 Å². The third-order valence-corrected chi connectivity index (χ3v) is 4.46. The highest BCUT2D eigenvalue weighted by Crippen LogP contribution is 2.23. The standard InChI is InChI=1S/C18H23N5O2/c1-22(2)13-6-4-12(5-7-13)16(17-19-10-11-23(17)3)21-18(25)14-8-9-15(24)20-14/h4-7,10-11,14,16H,8-9H2,1-3H3,(H,20,24)(H,21,25). The van der Waals surface area contributed by atoms with E-state index in [4.69, 9.17) is 0 Å². The summed E-state index contributed by atoms with van der Waals surface area (Å²) in [6.45, 7) is 0. The maximum absolute atomic E-state index is 12.6. The van der Waals surface area contributed by atoms with Gasteiger partial charge in [-0.2, -0.15) is 0 Å². The lowest BCUT2D eigenvalue weighted by molar-refractivity contribution is -0.126. The Morgan fingerprint density at radius 3 is 2.60 bits per heavy atom. The van der Waals surface area contributed by atoms with Gasteiger partial charge >= 0.3 is 0 Å².